The lowest BCUT2D eigenvalue weighted by atomic mass is 9.66. The van der Waals surface area contributed by atoms with Crippen LogP contribution in [0.4, 0.5) is 4.39 Å². The van der Waals surface area contributed by atoms with Crippen molar-refractivity contribution in [3.8, 4) is 0 Å². The molecule has 94 valence electrons. The Bertz CT molecular complexity index is 415. The summed E-state index contributed by atoms with van der Waals surface area (Å²) in [5.41, 5.74) is 8.36. The molecule has 1 aliphatic rings. The molecule has 1 aromatic carbocycles. The first-order chi connectivity index (χ1) is 7.93. The molecule has 0 spiro atoms. The van der Waals surface area contributed by atoms with E-state index in [0.29, 0.717) is 11.8 Å². The molecule has 2 heteroatoms. The van der Waals surface area contributed by atoms with Gasteiger partial charge in [0.15, 0.2) is 0 Å². The van der Waals surface area contributed by atoms with Gasteiger partial charge < -0.3 is 5.73 Å². The monoisotopic (exact) mass is 235 g/mol. The highest BCUT2D eigenvalue weighted by Crippen LogP contribution is 2.43. The van der Waals surface area contributed by atoms with Crippen molar-refractivity contribution in [2.75, 3.05) is 0 Å². The molecule has 0 radical (unpaired) electrons. The molecular formula is C15H22FN. The van der Waals surface area contributed by atoms with Crippen molar-refractivity contribution in [2.45, 2.75) is 45.6 Å². The van der Waals surface area contributed by atoms with Gasteiger partial charge in [-0.2, -0.15) is 0 Å². The fourth-order valence-electron chi connectivity index (χ4n) is 3.14. The van der Waals surface area contributed by atoms with Gasteiger partial charge >= 0.3 is 0 Å². The van der Waals surface area contributed by atoms with Crippen LogP contribution in [0.2, 0.25) is 0 Å². The van der Waals surface area contributed by atoms with Gasteiger partial charge in [0.1, 0.15) is 5.82 Å². The zero-order valence-electron chi connectivity index (χ0n) is 11.0. The van der Waals surface area contributed by atoms with Crippen LogP contribution in [0, 0.1) is 24.6 Å². The standard InChI is InChI=1S/C15H22FN/c1-10-4-6-12(3)15(17,9-10)14-8-13(16)7-5-11(14)2/h5,7-8,10,12H,4,6,9,17H2,1-3H3. The minimum absolute atomic E-state index is 0.180. The third-order valence-corrected chi connectivity index (χ3v) is 4.36. The van der Waals surface area contributed by atoms with Gasteiger partial charge in [-0.1, -0.05) is 26.3 Å². The Labute approximate surface area is 103 Å². The molecule has 2 rings (SSSR count). The molecule has 1 aliphatic carbocycles. The first-order valence-electron chi connectivity index (χ1n) is 6.49. The van der Waals surface area contributed by atoms with Crippen LogP contribution in [-0.2, 0) is 5.54 Å². The highest BCUT2D eigenvalue weighted by atomic mass is 19.1. The van der Waals surface area contributed by atoms with E-state index < -0.39 is 0 Å². The van der Waals surface area contributed by atoms with Crippen molar-refractivity contribution in [3.63, 3.8) is 0 Å². The van der Waals surface area contributed by atoms with E-state index in [2.05, 4.69) is 13.8 Å². The van der Waals surface area contributed by atoms with Crippen LogP contribution in [0.15, 0.2) is 18.2 Å². The maximum atomic E-state index is 13.4. The van der Waals surface area contributed by atoms with Gasteiger partial charge in [-0.25, -0.2) is 4.39 Å². The largest absolute Gasteiger partial charge is 0.321 e. The van der Waals surface area contributed by atoms with Gasteiger partial charge in [0, 0.05) is 5.54 Å². The van der Waals surface area contributed by atoms with Crippen molar-refractivity contribution >= 4 is 0 Å². The molecule has 2 N–H and O–H groups in total. The molecule has 1 aromatic rings. The summed E-state index contributed by atoms with van der Waals surface area (Å²) in [4.78, 5) is 0. The van der Waals surface area contributed by atoms with E-state index in [4.69, 9.17) is 5.73 Å². The fraction of sp³-hybridized carbons (Fsp3) is 0.600. The van der Waals surface area contributed by atoms with Crippen LogP contribution in [0.5, 0.6) is 0 Å². The van der Waals surface area contributed by atoms with Gasteiger partial charge in [0.2, 0.25) is 0 Å². The van der Waals surface area contributed by atoms with Crippen LogP contribution in [-0.4, -0.2) is 0 Å². The molecule has 0 bridgehead atoms. The molecule has 1 nitrogen and oxygen atoms in total. The van der Waals surface area contributed by atoms with Crippen LogP contribution >= 0.6 is 0 Å². The number of halogens is 1. The van der Waals surface area contributed by atoms with E-state index in [1.165, 1.54) is 12.5 Å². The number of rotatable bonds is 1. The Balaban J connectivity index is 2.45. The van der Waals surface area contributed by atoms with Crippen LogP contribution in [0.3, 0.4) is 0 Å². The second-order valence-electron chi connectivity index (χ2n) is 5.79. The van der Waals surface area contributed by atoms with Crippen molar-refractivity contribution in [1.82, 2.24) is 0 Å². The minimum Gasteiger partial charge on any atom is -0.321 e. The topological polar surface area (TPSA) is 26.0 Å². The van der Waals surface area contributed by atoms with E-state index in [9.17, 15) is 4.39 Å². The maximum absolute atomic E-state index is 13.4. The zero-order chi connectivity index (χ0) is 12.6. The third kappa shape index (κ3) is 2.23. The van der Waals surface area contributed by atoms with Crippen molar-refractivity contribution < 1.29 is 4.39 Å². The summed E-state index contributed by atoms with van der Waals surface area (Å²) in [5, 5.41) is 0. The second kappa shape index (κ2) is 4.41. The zero-order valence-corrected chi connectivity index (χ0v) is 11.0. The van der Waals surface area contributed by atoms with E-state index in [0.717, 1.165) is 24.0 Å². The Morgan fingerprint density at radius 1 is 1.29 bits per heavy atom. The molecule has 1 fully saturated rings. The summed E-state index contributed by atoms with van der Waals surface area (Å²) >= 11 is 0. The summed E-state index contributed by atoms with van der Waals surface area (Å²) in [6.07, 6.45) is 3.32. The van der Waals surface area contributed by atoms with E-state index in [1.807, 2.05) is 13.0 Å². The summed E-state index contributed by atoms with van der Waals surface area (Å²) in [7, 11) is 0. The molecule has 0 aromatic heterocycles. The maximum Gasteiger partial charge on any atom is 0.123 e. The van der Waals surface area contributed by atoms with Gasteiger partial charge in [-0.3, -0.25) is 0 Å². The highest BCUT2D eigenvalue weighted by Gasteiger charge is 2.39. The molecule has 17 heavy (non-hydrogen) atoms. The molecule has 0 amide bonds. The normalized spacial score (nSPS) is 33.7. The number of hydrogen-bond donors (Lipinski definition) is 1. The first-order valence-corrected chi connectivity index (χ1v) is 6.49. The molecule has 0 saturated heterocycles. The predicted molar refractivity (Wildman–Crippen MR) is 69.2 cm³/mol. The number of hydrogen-bond acceptors (Lipinski definition) is 1. The molecule has 0 heterocycles. The molecule has 3 unspecified atom stereocenters. The molecule has 0 aliphatic heterocycles. The van der Waals surface area contributed by atoms with Crippen molar-refractivity contribution in [1.29, 1.82) is 0 Å². The summed E-state index contributed by atoms with van der Waals surface area (Å²) < 4.78 is 13.4. The second-order valence-corrected chi connectivity index (χ2v) is 5.79. The molecule has 1 saturated carbocycles. The van der Waals surface area contributed by atoms with Crippen LogP contribution in [0.25, 0.3) is 0 Å². The predicted octanol–water partition coefficient (Wildman–Crippen LogP) is 3.74. The third-order valence-electron chi connectivity index (χ3n) is 4.36. The van der Waals surface area contributed by atoms with Gasteiger partial charge in [-0.05, 0) is 54.9 Å². The lowest BCUT2D eigenvalue weighted by molar-refractivity contribution is 0.161. The van der Waals surface area contributed by atoms with Crippen molar-refractivity contribution in [2.24, 2.45) is 17.6 Å². The van der Waals surface area contributed by atoms with Crippen molar-refractivity contribution in [3.05, 3.63) is 35.1 Å². The number of benzene rings is 1. The van der Waals surface area contributed by atoms with Gasteiger partial charge in [0.25, 0.3) is 0 Å². The lowest BCUT2D eigenvalue weighted by Gasteiger charge is -2.43. The number of nitrogens with two attached hydrogens (primary N) is 1. The summed E-state index contributed by atoms with van der Waals surface area (Å²) in [5.74, 6) is 0.860. The van der Waals surface area contributed by atoms with Gasteiger partial charge in [0.05, 0.1) is 0 Å². The molecule has 3 atom stereocenters. The Kier molecular flexibility index (Phi) is 3.26. The fourth-order valence-corrected chi connectivity index (χ4v) is 3.14. The van der Waals surface area contributed by atoms with Crippen LogP contribution < -0.4 is 5.73 Å². The van der Waals surface area contributed by atoms with Crippen LogP contribution in [0.1, 0.15) is 44.2 Å². The molecular weight excluding hydrogens is 213 g/mol. The quantitative estimate of drug-likeness (QED) is 0.788. The number of aryl methyl sites for hydroxylation is 1. The summed E-state index contributed by atoms with van der Waals surface area (Å²) in [6.45, 7) is 6.45. The lowest BCUT2D eigenvalue weighted by Crippen LogP contribution is -2.47. The smallest absolute Gasteiger partial charge is 0.123 e. The minimum atomic E-state index is -0.357. The summed E-state index contributed by atoms with van der Waals surface area (Å²) in [6, 6.07) is 4.98. The Morgan fingerprint density at radius 3 is 2.71 bits per heavy atom. The first kappa shape index (κ1) is 12.6. The SMILES string of the molecule is Cc1ccc(F)cc1C1(N)CC(C)CCC1C. The van der Waals surface area contributed by atoms with E-state index in [1.54, 1.807) is 6.07 Å². The Hall–Kier alpha value is -0.890. The van der Waals surface area contributed by atoms with Gasteiger partial charge in [-0.15, -0.1) is 0 Å². The Morgan fingerprint density at radius 2 is 2.00 bits per heavy atom. The van der Waals surface area contributed by atoms with E-state index in [-0.39, 0.29) is 11.4 Å². The average Bonchev–Trinajstić information content (AvgIpc) is 2.27. The van der Waals surface area contributed by atoms with E-state index >= 15 is 0 Å². The average molecular weight is 235 g/mol. The highest BCUT2D eigenvalue weighted by molar-refractivity contribution is 5.34.